The molecule has 2 heteroatoms. The van der Waals surface area contributed by atoms with Crippen LogP contribution in [-0.2, 0) is 4.79 Å². The van der Waals surface area contributed by atoms with E-state index >= 15 is 0 Å². The summed E-state index contributed by atoms with van der Waals surface area (Å²) in [5, 5.41) is 3.21. The summed E-state index contributed by atoms with van der Waals surface area (Å²) in [7, 11) is 0. The topological polar surface area (TPSA) is 29.1 Å². The van der Waals surface area contributed by atoms with E-state index in [-0.39, 0.29) is 17.9 Å². The molecule has 0 spiro atoms. The Morgan fingerprint density at radius 2 is 1.12 bits per heavy atom. The van der Waals surface area contributed by atoms with Crippen molar-refractivity contribution in [3.05, 3.63) is 108 Å². The molecule has 0 heterocycles. The molecule has 0 aliphatic carbocycles. The highest BCUT2D eigenvalue weighted by Crippen LogP contribution is 2.23. The SMILES string of the molecule is C[C@@H](CC(=O)NC(c1ccccc1)c1ccccc1)c1ccccc1. The molecule has 0 aromatic heterocycles. The van der Waals surface area contributed by atoms with Crippen LogP contribution in [0.15, 0.2) is 91.0 Å². The van der Waals surface area contributed by atoms with Crippen molar-refractivity contribution in [1.82, 2.24) is 5.32 Å². The Morgan fingerprint density at radius 1 is 0.720 bits per heavy atom. The van der Waals surface area contributed by atoms with Crippen molar-refractivity contribution >= 4 is 5.91 Å². The van der Waals surface area contributed by atoms with Crippen molar-refractivity contribution in [3.63, 3.8) is 0 Å². The monoisotopic (exact) mass is 329 g/mol. The van der Waals surface area contributed by atoms with E-state index in [0.717, 1.165) is 11.1 Å². The second-order valence-electron chi connectivity index (χ2n) is 6.34. The van der Waals surface area contributed by atoms with Crippen molar-refractivity contribution in [2.45, 2.75) is 25.3 Å². The molecule has 0 radical (unpaired) electrons. The lowest BCUT2D eigenvalue weighted by molar-refractivity contribution is -0.121. The number of rotatable bonds is 6. The van der Waals surface area contributed by atoms with Gasteiger partial charge >= 0.3 is 0 Å². The fraction of sp³-hybridized carbons (Fsp3) is 0.174. The molecule has 126 valence electrons. The Labute approximate surface area is 149 Å². The van der Waals surface area contributed by atoms with E-state index in [1.54, 1.807) is 0 Å². The average Bonchev–Trinajstić information content (AvgIpc) is 2.68. The van der Waals surface area contributed by atoms with Crippen molar-refractivity contribution in [1.29, 1.82) is 0 Å². The van der Waals surface area contributed by atoms with Gasteiger partial charge in [-0.2, -0.15) is 0 Å². The Bertz CT molecular complexity index is 745. The fourth-order valence-corrected chi connectivity index (χ4v) is 3.05. The number of carbonyl (C=O) groups excluding carboxylic acids is 1. The van der Waals surface area contributed by atoms with E-state index in [2.05, 4.69) is 48.6 Å². The van der Waals surface area contributed by atoms with Crippen LogP contribution in [0.1, 0.15) is 42.0 Å². The maximum Gasteiger partial charge on any atom is 0.221 e. The first-order valence-corrected chi connectivity index (χ1v) is 8.68. The minimum absolute atomic E-state index is 0.0639. The van der Waals surface area contributed by atoms with E-state index in [1.807, 2.05) is 54.6 Å². The molecule has 3 aromatic rings. The summed E-state index contributed by atoms with van der Waals surface area (Å²) >= 11 is 0. The van der Waals surface area contributed by atoms with Crippen LogP contribution in [0.2, 0.25) is 0 Å². The Hall–Kier alpha value is -2.87. The van der Waals surface area contributed by atoms with Crippen molar-refractivity contribution in [3.8, 4) is 0 Å². The lowest BCUT2D eigenvalue weighted by atomic mass is 9.95. The van der Waals surface area contributed by atoms with Crippen molar-refractivity contribution in [2.75, 3.05) is 0 Å². The van der Waals surface area contributed by atoms with Crippen molar-refractivity contribution < 1.29 is 4.79 Å². The highest BCUT2D eigenvalue weighted by Gasteiger charge is 2.18. The van der Waals surface area contributed by atoms with Crippen LogP contribution in [0, 0.1) is 0 Å². The molecule has 2 nitrogen and oxygen atoms in total. The van der Waals surface area contributed by atoms with E-state index < -0.39 is 0 Å². The first-order chi connectivity index (χ1) is 12.2. The molecule has 0 bridgehead atoms. The highest BCUT2D eigenvalue weighted by atomic mass is 16.1. The number of nitrogens with one attached hydrogen (secondary N) is 1. The van der Waals surface area contributed by atoms with Gasteiger partial charge in [-0.05, 0) is 22.6 Å². The van der Waals surface area contributed by atoms with Gasteiger partial charge in [0.1, 0.15) is 0 Å². The van der Waals surface area contributed by atoms with Crippen LogP contribution in [0.3, 0.4) is 0 Å². The summed E-state index contributed by atoms with van der Waals surface area (Å²) in [4.78, 5) is 12.7. The average molecular weight is 329 g/mol. The smallest absolute Gasteiger partial charge is 0.221 e. The molecule has 0 aliphatic heterocycles. The first-order valence-electron chi connectivity index (χ1n) is 8.68. The number of benzene rings is 3. The van der Waals surface area contributed by atoms with Crippen LogP contribution in [0.5, 0.6) is 0 Å². The van der Waals surface area contributed by atoms with Gasteiger partial charge in [0.15, 0.2) is 0 Å². The fourth-order valence-electron chi connectivity index (χ4n) is 3.05. The largest absolute Gasteiger partial charge is 0.345 e. The predicted molar refractivity (Wildman–Crippen MR) is 102 cm³/mol. The molecular formula is C23H23NO. The molecule has 0 aliphatic rings. The summed E-state index contributed by atoms with van der Waals surface area (Å²) < 4.78 is 0. The lowest BCUT2D eigenvalue weighted by Gasteiger charge is -2.21. The molecule has 0 saturated carbocycles. The van der Waals surface area contributed by atoms with Crippen molar-refractivity contribution in [2.24, 2.45) is 0 Å². The second kappa shape index (κ2) is 8.29. The summed E-state index contributed by atoms with van der Waals surface area (Å²) in [6.07, 6.45) is 0.472. The summed E-state index contributed by atoms with van der Waals surface area (Å²) in [6, 6.07) is 30.3. The van der Waals surface area contributed by atoms with Crippen LogP contribution < -0.4 is 5.32 Å². The maximum absolute atomic E-state index is 12.7. The number of amides is 1. The van der Waals surface area contributed by atoms with Gasteiger partial charge in [0.05, 0.1) is 6.04 Å². The van der Waals surface area contributed by atoms with E-state index in [9.17, 15) is 4.79 Å². The Balaban J connectivity index is 1.75. The van der Waals surface area contributed by atoms with Gasteiger partial charge in [-0.3, -0.25) is 4.79 Å². The van der Waals surface area contributed by atoms with E-state index in [4.69, 9.17) is 0 Å². The molecule has 1 atom stereocenters. The third-order valence-corrected chi connectivity index (χ3v) is 4.43. The van der Waals surface area contributed by atoms with Crippen LogP contribution in [0.25, 0.3) is 0 Å². The van der Waals surface area contributed by atoms with Gasteiger partial charge in [0.25, 0.3) is 0 Å². The molecule has 0 unspecified atom stereocenters. The highest BCUT2D eigenvalue weighted by molar-refractivity contribution is 5.78. The molecule has 1 amide bonds. The minimum Gasteiger partial charge on any atom is -0.345 e. The van der Waals surface area contributed by atoms with Crippen LogP contribution in [0.4, 0.5) is 0 Å². The summed E-state index contributed by atoms with van der Waals surface area (Å²) in [5.41, 5.74) is 3.37. The van der Waals surface area contributed by atoms with Gasteiger partial charge in [0, 0.05) is 6.42 Å². The van der Waals surface area contributed by atoms with E-state index in [1.165, 1.54) is 5.56 Å². The predicted octanol–water partition coefficient (Wildman–Crippen LogP) is 5.09. The summed E-state index contributed by atoms with van der Waals surface area (Å²) in [5.74, 6) is 0.252. The molecule has 0 saturated heterocycles. The molecule has 25 heavy (non-hydrogen) atoms. The standard InChI is InChI=1S/C23H23NO/c1-18(19-11-5-2-6-12-19)17-22(25)24-23(20-13-7-3-8-14-20)21-15-9-4-10-16-21/h2-16,18,23H,17H2,1H3,(H,24,25)/t18-/m0/s1. The zero-order valence-electron chi connectivity index (χ0n) is 14.4. The summed E-state index contributed by atoms with van der Waals surface area (Å²) in [6.45, 7) is 2.09. The minimum atomic E-state index is -0.127. The number of carbonyl (C=O) groups is 1. The maximum atomic E-state index is 12.7. The van der Waals surface area contributed by atoms with Gasteiger partial charge in [0.2, 0.25) is 5.91 Å². The van der Waals surface area contributed by atoms with E-state index in [0.29, 0.717) is 6.42 Å². The van der Waals surface area contributed by atoms with Crippen LogP contribution in [-0.4, -0.2) is 5.91 Å². The van der Waals surface area contributed by atoms with Gasteiger partial charge < -0.3 is 5.32 Å². The molecular weight excluding hydrogens is 306 g/mol. The lowest BCUT2D eigenvalue weighted by Crippen LogP contribution is -2.30. The van der Waals surface area contributed by atoms with Gasteiger partial charge in [-0.15, -0.1) is 0 Å². The molecule has 0 fully saturated rings. The molecule has 3 rings (SSSR count). The second-order valence-corrected chi connectivity index (χ2v) is 6.34. The number of hydrogen-bond donors (Lipinski definition) is 1. The third-order valence-electron chi connectivity index (χ3n) is 4.43. The molecule has 1 N–H and O–H groups in total. The van der Waals surface area contributed by atoms with Gasteiger partial charge in [-0.1, -0.05) is 97.9 Å². The van der Waals surface area contributed by atoms with Gasteiger partial charge in [-0.25, -0.2) is 0 Å². The Kier molecular flexibility index (Phi) is 5.63. The van der Waals surface area contributed by atoms with Crippen LogP contribution >= 0.6 is 0 Å². The zero-order chi connectivity index (χ0) is 17.5. The number of hydrogen-bond acceptors (Lipinski definition) is 1. The first kappa shape index (κ1) is 17.0. The quantitative estimate of drug-likeness (QED) is 0.671. The molecule has 3 aromatic carbocycles. The zero-order valence-corrected chi connectivity index (χ0v) is 14.4. The third kappa shape index (κ3) is 4.57. The Morgan fingerprint density at radius 3 is 1.56 bits per heavy atom. The normalized spacial score (nSPS) is 11.9.